The Kier molecular flexibility index (Phi) is 2.91. The van der Waals surface area contributed by atoms with Crippen LogP contribution in [0.25, 0.3) is 0 Å². The van der Waals surface area contributed by atoms with Crippen LogP contribution in [0.1, 0.15) is 22.9 Å². The Hall–Kier alpha value is -2.36. The molecule has 1 aromatic heterocycles. The van der Waals surface area contributed by atoms with Crippen molar-refractivity contribution in [3.63, 3.8) is 0 Å². The van der Waals surface area contributed by atoms with Crippen LogP contribution < -0.4 is 10.1 Å². The van der Waals surface area contributed by atoms with Gasteiger partial charge in [0, 0.05) is 11.8 Å². The molecule has 2 aromatic rings. The van der Waals surface area contributed by atoms with Gasteiger partial charge < -0.3 is 10.1 Å². The van der Waals surface area contributed by atoms with Crippen molar-refractivity contribution in [2.45, 2.75) is 12.5 Å². The standard InChI is InChI=1S/C15H14N2O2/c1-19-12-7-4-5-10-9-13(18)17-15(14(10)12)11-6-2-3-8-16-11/h2-8,15H,9H2,1H3,(H,17,18). The Morgan fingerprint density at radius 2 is 2.16 bits per heavy atom. The first-order valence-corrected chi connectivity index (χ1v) is 6.15. The summed E-state index contributed by atoms with van der Waals surface area (Å²) < 4.78 is 5.42. The summed E-state index contributed by atoms with van der Waals surface area (Å²) in [7, 11) is 1.64. The second kappa shape index (κ2) is 4.72. The molecule has 0 radical (unpaired) electrons. The van der Waals surface area contributed by atoms with Crippen molar-refractivity contribution in [3.8, 4) is 5.75 Å². The Balaban J connectivity index is 2.16. The third-order valence-electron chi connectivity index (χ3n) is 3.30. The molecule has 1 aliphatic heterocycles. The normalized spacial score (nSPS) is 17.5. The molecule has 0 spiro atoms. The third-order valence-corrected chi connectivity index (χ3v) is 3.30. The molecule has 0 aliphatic carbocycles. The Morgan fingerprint density at radius 3 is 2.89 bits per heavy atom. The average Bonchev–Trinajstić information content (AvgIpc) is 2.46. The molecule has 1 aromatic carbocycles. The zero-order chi connectivity index (χ0) is 13.2. The van der Waals surface area contributed by atoms with Gasteiger partial charge in [-0.3, -0.25) is 9.78 Å². The Morgan fingerprint density at radius 1 is 1.26 bits per heavy atom. The highest BCUT2D eigenvalue weighted by Gasteiger charge is 2.29. The number of fused-ring (bicyclic) bond motifs is 1. The second-order valence-corrected chi connectivity index (χ2v) is 4.46. The summed E-state index contributed by atoms with van der Waals surface area (Å²) in [4.78, 5) is 16.2. The maximum Gasteiger partial charge on any atom is 0.225 e. The summed E-state index contributed by atoms with van der Waals surface area (Å²) in [6.45, 7) is 0. The van der Waals surface area contributed by atoms with Crippen LogP contribution >= 0.6 is 0 Å². The Bertz CT molecular complexity index is 611. The number of hydrogen-bond donors (Lipinski definition) is 1. The van der Waals surface area contributed by atoms with Gasteiger partial charge in [0.2, 0.25) is 5.91 Å². The number of nitrogens with one attached hydrogen (secondary N) is 1. The lowest BCUT2D eigenvalue weighted by Gasteiger charge is -2.27. The van der Waals surface area contributed by atoms with Gasteiger partial charge in [0.15, 0.2) is 0 Å². The number of nitrogens with zero attached hydrogens (tertiary/aromatic N) is 1. The minimum Gasteiger partial charge on any atom is -0.496 e. The minimum absolute atomic E-state index is 0.0106. The SMILES string of the molecule is COc1cccc2c1C(c1ccccn1)NC(=O)C2. The predicted octanol–water partition coefficient (Wildman–Crippen LogP) is 1.85. The number of amides is 1. The van der Waals surface area contributed by atoms with E-state index in [1.165, 1.54) is 0 Å². The average molecular weight is 254 g/mol. The van der Waals surface area contributed by atoms with E-state index in [4.69, 9.17) is 4.74 Å². The number of carbonyl (C=O) groups is 1. The summed E-state index contributed by atoms with van der Waals surface area (Å²) in [5, 5.41) is 2.98. The van der Waals surface area contributed by atoms with Crippen LogP contribution in [-0.4, -0.2) is 18.0 Å². The van der Waals surface area contributed by atoms with Gasteiger partial charge in [-0.2, -0.15) is 0 Å². The number of ether oxygens (including phenoxy) is 1. The van der Waals surface area contributed by atoms with Gasteiger partial charge in [-0.25, -0.2) is 0 Å². The van der Waals surface area contributed by atoms with Crippen LogP contribution in [0.3, 0.4) is 0 Å². The van der Waals surface area contributed by atoms with E-state index in [1.807, 2.05) is 36.4 Å². The number of carbonyl (C=O) groups excluding carboxylic acids is 1. The van der Waals surface area contributed by atoms with Crippen molar-refractivity contribution >= 4 is 5.91 Å². The molecular formula is C15H14N2O2. The summed E-state index contributed by atoms with van der Waals surface area (Å²) in [5.74, 6) is 0.796. The molecule has 4 heteroatoms. The lowest BCUT2D eigenvalue weighted by Crippen LogP contribution is -2.36. The molecule has 4 nitrogen and oxygen atoms in total. The van der Waals surface area contributed by atoms with Gasteiger partial charge in [-0.05, 0) is 23.8 Å². The lowest BCUT2D eigenvalue weighted by molar-refractivity contribution is -0.121. The van der Waals surface area contributed by atoms with Gasteiger partial charge in [-0.15, -0.1) is 0 Å². The fourth-order valence-electron chi connectivity index (χ4n) is 2.47. The second-order valence-electron chi connectivity index (χ2n) is 4.46. The quantitative estimate of drug-likeness (QED) is 0.889. The Labute approximate surface area is 111 Å². The highest BCUT2D eigenvalue weighted by atomic mass is 16.5. The lowest BCUT2D eigenvalue weighted by atomic mass is 9.91. The van der Waals surface area contributed by atoms with E-state index in [2.05, 4.69) is 10.3 Å². The van der Waals surface area contributed by atoms with E-state index in [9.17, 15) is 4.79 Å². The molecule has 2 heterocycles. The summed E-state index contributed by atoms with van der Waals surface area (Å²) in [6.07, 6.45) is 2.11. The monoisotopic (exact) mass is 254 g/mol. The van der Waals surface area contributed by atoms with Crippen LogP contribution in [0.15, 0.2) is 42.6 Å². The van der Waals surface area contributed by atoms with Crippen LogP contribution in [0, 0.1) is 0 Å². The van der Waals surface area contributed by atoms with Crippen molar-refractivity contribution in [2.75, 3.05) is 7.11 Å². The zero-order valence-corrected chi connectivity index (χ0v) is 10.6. The molecule has 1 atom stereocenters. The summed E-state index contributed by atoms with van der Waals surface area (Å²) in [5.41, 5.74) is 2.82. The predicted molar refractivity (Wildman–Crippen MR) is 70.9 cm³/mol. The summed E-state index contributed by atoms with van der Waals surface area (Å²) >= 11 is 0. The van der Waals surface area contributed by atoms with E-state index in [0.717, 1.165) is 22.6 Å². The number of benzene rings is 1. The van der Waals surface area contributed by atoms with Gasteiger partial charge in [0.25, 0.3) is 0 Å². The molecule has 0 saturated heterocycles. The van der Waals surface area contributed by atoms with Crippen LogP contribution in [0.2, 0.25) is 0 Å². The van der Waals surface area contributed by atoms with E-state index in [-0.39, 0.29) is 11.9 Å². The maximum atomic E-state index is 11.8. The minimum atomic E-state index is -0.242. The van der Waals surface area contributed by atoms with Crippen molar-refractivity contribution in [3.05, 3.63) is 59.4 Å². The number of pyridine rings is 1. The molecule has 3 rings (SSSR count). The molecule has 19 heavy (non-hydrogen) atoms. The van der Waals surface area contributed by atoms with E-state index in [0.29, 0.717) is 6.42 Å². The van der Waals surface area contributed by atoms with E-state index < -0.39 is 0 Å². The first kappa shape index (κ1) is 11.7. The molecule has 0 bridgehead atoms. The maximum absolute atomic E-state index is 11.8. The molecule has 0 saturated carbocycles. The highest BCUT2D eigenvalue weighted by molar-refractivity contribution is 5.82. The number of rotatable bonds is 2. The van der Waals surface area contributed by atoms with Gasteiger partial charge >= 0.3 is 0 Å². The first-order chi connectivity index (χ1) is 9.29. The summed E-state index contributed by atoms with van der Waals surface area (Å²) in [6, 6.07) is 11.2. The van der Waals surface area contributed by atoms with Crippen LogP contribution in [-0.2, 0) is 11.2 Å². The third kappa shape index (κ3) is 2.05. The molecule has 1 unspecified atom stereocenters. The molecule has 96 valence electrons. The largest absolute Gasteiger partial charge is 0.496 e. The van der Waals surface area contributed by atoms with Gasteiger partial charge in [0.1, 0.15) is 11.8 Å². The fourth-order valence-corrected chi connectivity index (χ4v) is 2.47. The fraction of sp³-hybridized carbons (Fsp3) is 0.200. The number of aromatic nitrogens is 1. The van der Waals surface area contributed by atoms with Crippen LogP contribution in [0.5, 0.6) is 5.75 Å². The molecular weight excluding hydrogens is 240 g/mol. The highest BCUT2D eigenvalue weighted by Crippen LogP contribution is 2.34. The zero-order valence-electron chi connectivity index (χ0n) is 10.6. The molecule has 1 amide bonds. The van der Waals surface area contributed by atoms with Crippen LogP contribution in [0.4, 0.5) is 0 Å². The van der Waals surface area contributed by atoms with Crippen molar-refractivity contribution in [1.29, 1.82) is 0 Å². The van der Waals surface area contributed by atoms with Crippen molar-refractivity contribution in [1.82, 2.24) is 10.3 Å². The van der Waals surface area contributed by atoms with Gasteiger partial charge in [-0.1, -0.05) is 18.2 Å². The molecule has 1 N–H and O–H groups in total. The van der Waals surface area contributed by atoms with Gasteiger partial charge in [0.05, 0.1) is 19.2 Å². The molecule has 1 aliphatic rings. The van der Waals surface area contributed by atoms with Crippen molar-refractivity contribution in [2.24, 2.45) is 0 Å². The number of hydrogen-bond acceptors (Lipinski definition) is 3. The first-order valence-electron chi connectivity index (χ1n) is 6.15. The number of methoxy groups -OCH3 is 1. The smallest absolute Gasteiger partial charge is 0.225 e. The van der Waals surface area contributed by atoms with Crippen molar-refractivity contribution < 1.29 is 9.53 Å². The van der Waals surface area contributed by atoms with E-state index >= 15 is 0 Å². The molecule has 0 fully saturated rings. The van der Waals surface area contributed by atoms with E-state index in [1.54, 1.807) is 13.3 Å². The topological polar surface area (TPSA) is 51.2 Å².